The molecule has 1 rings (SSSR count). The summed E-state index contributed by atoms with van der Waals surface area (Å²) in [6, 6.07) is -2.66. The molecule has 0 radical (unpaired) electrons. The molecule has 48 valence electrons. The summed E-state index contributed by atoms with van der Waals surface area (Å²) >= 11 is 0. The van der Waals surface area contributed by atoms with Crippen molar-refractivity contribution in [1.82, 2.24) is 5.32 Å². The van der Waals surface area contributed by atoms with Crippen LogP contribution in [0.15, 0.2) is 0 Å². The summed E-state index contributed by atoms with van der Waals surface area (Å²) in [5.41, 5.74) is 0. The maximum atomic E-state index is 7.74. The second-order valence-electron chi connectivity index (χ2n) is 1.48. The van der Waals surface area contributed by atoms with E-state index in [9.17, 15) is 0 Å². The molecule has 8 heavy (non-hydrogen) atoms. The van der Waals surface area contributed by atoms with Crippen LogP contribution in [0.4, 0.5) is 0 Å². The summed E-state index contributed by atoms with van der Waals surface area (Å²) in [5.74, 6) is 0. The molecule has 1 aliphatic heterocycles. The quantitative estimate of drug-likeness (QED) is 0.503. The number of ether oxygens (including phenoxy) is 1. The van der Waals surface area contributed by atoms with Gasteiger partial charge in [0.1, 0.15) is 0 Å². The van der Waals surface area contributed by atoms with Crippen molar-refractivity contribution >= 4 is 0 Å². The third-order valence-corrected chi connectivity index (χ3v) is 0.877. The minimum Gasteiger partial charge on any atom is -0.376 e. The van der Waals surface area contributed by atoms with E-state index < -0.39 is 25.8 Å². The molecule has 0 amide bonds. The zero-order chi connectivity index (χ0) is 12.8. The molecule has 2 nitrogen and oxygen atoms in total. The van der Waals surface area contributed by atoms with Crippen LogP contribution in [0.2, 0.25) is 0 Å². The highest BCUT2D eigenvalue weighted by Crippen LogP contribution is 2.00. The van der Waals surface area contributed by atoms with Crippen molar-refractivity contribution in [2.75, 3.05) is 13.2 Å². The van der Waals surface area contributed by atoms with Crippen LogP contribution in [0.25, 0.3) is 0 Å². The van der Waals surface area contributed by atoms with Crippen molar-refractivity contribution in [3.63, 3.8) is 0 Å². The Hall–Kier alpha value is -0.0800. The van der Waals surface area contributed by atoms with E-state index in [4.69, 9.17) is 15.7 Å². The topological polar surface area (TPSA) is 21.3 Å². The fourth-order valence-electron chi connectivity index (χ4n) is 0.482. The van der Waals surface area contributed by atoms with Crippen LogP contribution >= 0.6 is 0 Å². The molecule has 1 heterocycles. The first-order valence-electron chi connectivity index (χ1n) is 6.35. The van der Waals surface area contributed by atoms with E-state index in [1.165, 1.54) is 0 Å². The second kappa shape index (κ2) is 2.46. The Bertz CT molecular complexity index is 247. The molecule has 0 aromatic rings. The first-order chi connectivity index (χ1) is 6.96. The van der Waals surface area contributed by atoms with Crippen molar-refractivity contribution in [2.45, 2.75) is 25.8 Å². The molecule has 0 aromatic carbocycles. The Morgan fingerprint density at radius 1 is 1.88 bits per heavy atom. The molecular formula is C6H13NO. The monoisotopic (exact) mass is 123 g/mol. The van der Waals surface area contributed by atoms with Crippen LogP contribution < -0.4 is 5.32 Å². The molecular weight excluding hydrogens is 102 g/mol. The fraction of sp³-hybridized carbons (Fsp3) is 1.00. The number of hydrogen-bond acceptors (Lipinski definition) is 2. The number of morpholine rings is 1. The lowest BCUT2D eigenvalue weighted by molar-refractivity contribution is 0.0135. The molecule has 0 aliphatic carbocycles. The minimum absolute atomic E-state index is 0.0264. The summed E-state index contributed by atoms with van der Waals surface area (Å²) < 4.78 is 63.3. The molecule has 1 saturated heterocycles. The van der Waals surface area contributed by atoms with E-state index in [1.807, 2.05) is 0 Å². The van der Waals surface area contributed by atoms with Crippen molar-refractivity contribution < 1.29 is 15.7 Å². The summed E-state index contributed by atoms with van der Waals surface area (Å²) in [5, 5.41) is 2.26. The molecule has 2 unspecified atom stereocenters. The van der Waals surface area contributed by atoms with Gasteiger partial charge in [0.2, 0.25) is 0 Å². The average Bonchev–Trinajstić information content (AvgIpc) is 2.06. The van der Waals surface area contributed by atoms with E-state index in [-0.39, 0.29) is 13.2 Å². The normalized spacial score (nSPS) is 76.0. The highest BCUT2D eigenvalue weighted by molar-refractivity contribution is 4.71. The Kier molecular flexibility index (Phi) is 0.461. The molecule has 0 bridgehead atoms. The SMILES string of the molecule is [2H]C([2H])([2H])C1([2H])NCCOC1([2H])C([2H])([2H])[2H]. The Balaban J connectivity index is 3.24. The Morgan fingerprint density at radius 2 is 2.88 bits per heavy atom. The van der Waals surface area contributed by atoms with E-state index in [1.54, 1.807) is 0 Å². The molecule has 1 fully saturated rings. The molecule has 1 N–H and O–H groups in total. The summed E-state index contributed by atoms with van der Waals surface area (Å²) in [6.45, 7) is -6.07. The average molecular weight is 123 g/mol. The van der Waals surface area contributed by atoms with Gasteiger partial charge in [-0.2, -0.15) is 0 Å². The van der Waals surface area contributed by atoms with Crippen molar-refractivity contribution in [1.29, 1.82) is 0 Å². The van der Waals surface area contributed by atoms with Crippen LogP contribution in [-0.2, 0) is 4.74 Å². The van der Waals surface area contributed by atoms with Crippen molar-refractivity contribution in [2.24, 2.45) is 0 Å². The predicted molar refractivity (Wildman–Crippen MR) is 32.9 cm³/mol. The zero-order valence-electron chi connectivity index (χ0n) is 12.3. The predicted octanol–water partition coefficient (Wildman–Crippen LogP) is 0.383. The van der Waals surface area contributed by atoms with Gasteiger partial charge in [-0.3, -0.25) is 0 Å². The van der Waals surface area contributed by atoms with Crippen LogP contribution in [0.1, 0.15) is 24.7 Å². The van der Waals surface area contributed by atoms with Gasteiger partial charge >= 0.3 is 0 Å². The van der Waals surface area contributed by atoms with Crippen LogP contribution in [-0.4, -0.2) is 25.2 Å². The van der Waals surface area contributed by atoms with Crippen molar-refractivity contribution in [3.05, 3.63) is 0 Å². The number of nitrogens with one attached hydrogen (secondary N) is 1. The molecule has 2 heteroatoms. The number of rotatable bonds is 0. The zero-order valence-corrected chi connectivity index (χ0v) is 4.32. The second-order valence-corrected chi connectivity index (χ2v) is 1.48. The molecule has 2 atom stereocenters. The summed E-state index contributed by atoms with van der Waals surface area (Å²) in [4.78, 5) is 0. The van der Waals surface area contributed by atoms with Gasteiger partial charge in [-0.05, 0) is 13.7 Å². The Morgan fingerprint density at radius 3 is 3.50 bits per heavy atom. The lowest BCUT2D eigenvalue weighted by Gasteiger charge is -2.26. The highest BCUT2D eigenvalue weighted by Gasteiger charge is 2.15. The maximum Gasteiger partial charge on any atom is 0.0697 e. The third-order valence-electron chi connectivity index (χ3n) is 0.877. The third kappa shape index (κ3) is 1.20. The lowest BCUT2D eigenvalue weighted by atomic mass is 10.2. The first kappa shape index (κ1) is 1.50. The molecule has 0 aromatic heterocycles. The van der Waals surface area contributed by atoms with Gasteiger partial charge in [0.05, 0.1) is 14.1 Å². The van der Waals surface area contributed by atoms with E-state index in [2.05, 4.69) is 5.32 Å². The highest BCUT2D eigenvalue weighted by atomic mass is 16.5. The maximum absolute atomic E-state index is 7.74. The summed E-state index contributed by atoms with van der Waals surface area (Å²) in [6.07, 6.45) is -2.80. The van der Waals surface area contributed by atoms with Crippen LogP contribution in [0, 0.1) is 0 Å². The van der Waals surface area contributed by atoms with Gasteiger partial charge in [-0.25, -0.2) is 0 Å². The standard InChI is InChI=1S/C6H13NO/c1-5-6(2)8-4-3-7-5/h5-7H,3-4H2,1-2H3/i1D3,2D3,5D,6D. The Labute approximate surface area is 61.5 Å². The van der Waals surface area contributed by atoms with Gasteiger partial charge in [0.15, 0.2) is 0 Å². The van der Waals surface area contributed by atoms with Gasteiger partial charge in [-0.1, -0.05) is 0 Å². The number of hydrogen-bond donors (Lipinski definition) is 1. The van der Waals surface area contributed by atoms with E-state index in [0.29, 0.717) is 0 Å². The van der Waals surface area contributed by atoms with Gasteiger partial charge < -0.3 is 10.1 Å². The fourth-order valence-corrected chi connectivity index (χ4v) is 0.482. The molecule has 0 saturated carbocycles. The van der Waals surface area contributed by atoms with Crippen molar-refractivity contribution in [3.8, 4) is 0 Å². The lowest BCUT2D eigenvalue weighted by Crippen LogP contribution is -2.44. The van der Waals surface area contributed by atoms with E-state index >= 15 is 0 Å². The van der Waals surface area contributed by atoms with E-state index in [0.717, 1.165) is 0 Å². The van der Waals surface area contributed by atoms with Gasteiger partial charge in [-0.15, -0.1) is 0 Å². The van der Waals surface area contributed by atoms with Crippen LogP contribution in [0.3, 0.4) is 0 Å². The van der Waals surface area contributed by atoms with Gasteiger partial charge in [0, 0.05) is 22.2 Å². The largest absolute Gasteiger partial charge is 0.376 e. The minimum atomic E-state index is -3.02. The summed E-state index contributed by atoms with van der Waals surface area (Å²) in [7, 11) is 0. The molecule has 1 aliphatic rings. The molecule has 0 spiro atoms. The van der Waals surface area contributed by atoms with Crippen LogP contribution in [0.5, 0.6) is 0 Å². The smallest absolute Gasteiger partial charge is 0.0697 e. The first-order valence-corrected chi connectivity index (χ1v) is 2.35. The van der Waals surface area contributed by atoms with Gasteiger partial charge in [0.25, 0.3) is 0 Å².